The smallest absolute Gasteiger partial charge is 0.228 e. The molecular formula is C21H23N7O. The lowest BCUT2D eigenvalue weighted by atomic mass is 10.0. The van der Waals surface area contributed by atoms with Gasteiger partial charge >= 0.3 is 0 Å². The number of hydrogen-bond donors (Lipinski definition) is 2. The van der Waals surface area contributed by atoms with Crippen LogP contribution in [0, 0.1) is 17.2 Å². The number of hydrogen-bond acceptors (Lipinski definition) is 6. The summed E-state index contributed by atoms with van der Waals surface area (Å²) in [6.45, 7) is 1.64. The number of carbonyl (C=O) groups is 1. The second-order valence-corrected chi connectivity index (χ2v) is 7.53. The van der Waals surface area contributed by atoms with E-state index in [1.54, 1.807) is 16.8 Å². The summed E-state index contributed by atoms with van der Waals surface area (Å²) in [5.74, 6) is 0.719. The Hall–Kier alpha value is -3.44. The van der Waals surface area contributed by atoms with E-state index in [0.29, 0.717) is 11.5 Å². The van der Waals surface area contributed by atoms with E-state index < -0.39 is 0 Å². The first-order chi connectivity index (χ1) is 14.0. The Morgan fingerprint density at radius 1 is 1.34 bits per heavy atom. The summed E-state index contributed by atoms with van der Waals surface area (Å²) < 4.78 is 1.73. The molecule has 3 aromatic rings. The highest BCUT2D eigenvalue weighted by Gasteiger charge is 2.30. The second-order valence-electron chi connectivity index (χ2n) is 7.53. The van der Waals surface area contributed by atoms with Gasteiger partial charge in [0.15, 0.2) is 5.82 Å². The van der Waals surface area contributed by atoms with Crippen LogP contribution in [0.4, 0.5) is 11.5 Å². The zero-order valence-corrected chi connectivity index (χ0v) is 16.5. The highest BCUT2D eigenvalue weighted by Crippen LogP contribution is 2.31. The van der Waals surface area contributed by atoms with Gasteiger partial charge in [0.05, 0.1) is 17.4 Å². The van der Waals surface area contributed by atoms with Crippen LogP contribution in [0.5, 0.6) is 0 Å². The lowest BCUT2D eigenvalue weighted by Gasteiger charge is -2.14. The van der Waals surface area contributed by atoms with E-state index in [1.807, 2.05) is 38.5 Å². The first kappa shape index (κ1) is 18.9. The maximum absolute atomic E-state index is 12.0. The Labute approximate surface area is 169 Å². The topological polar surface area (TPSA) is 98.3 Å². The molecular weight excluding hydrogens is 366 g/mol. The fourth-order valence-corrected chi connectivity index (χ4v) is 3.11. The van der Waals surface area contributed by atoms with Crippen molar-refractivity contribution >= 4 is 22.9 Å². The molecule has 1 aliphatic rings. The van der Waals surface area contributed by atoms with Crippen molar-refractivity contribution < 1.29 is 4.79 Å². The number of amides is 1. The van der Waals surface area contributed by atoms with E-state index in [1.165, 1.54) is 0 Å². The second kappa shape index (κ2) is 7.89. The van der Waals surface area contributed by atoms with E-state index in [9.17, 15) is 10.1 Å². The summed E-state index contributed by atoms with van der Waals surface area (Å²) >= 11 is 0. The maximum Gasteiger partial charge on any atom is 0.228 e. The number of fused-ring (bicyclic) bond motifs is 1. The Kier molecular flexibility index (Phi) is 5.14. The molecule has 1 aliphatic carbocycles. The summed E-state index contributed by atoms with van der Waals surface area (Å²) in [4.78, 5) is 18.3. The highest BCUT2D eigenvalue weighted by atomic mass is 16.2. The molecule has 148 valence electrons. The number of nitrogens with zero attached hydrogens (tertiary/aromatic N) is 5. The molecule has 0 spiro atoms. The van der Waals surface area contributed by atoms with Gasteiger partial charge in [0.1, 0.15) is 11.8 Å². The quantitative estimate of drug-likeness (QED) is 0.644. The average Bonchev–Trinajstić information content (AvgIpc) is 3.48. The van der Waals surface area contributed by atoms with E-state index in [0.717, 1.165) is 48.3 Å². The third kappa shape index (κ3) is 4.36. The first-order valence-electron chi connectivity index (χ1n) is 9.63. The Morgan fingerprint density at radius 3 is 2.90 bits per heavy atom. The van der Waals surface area contributed by atoms with Crippen molar-refractivity contribution in [3.05, 3.63) is 42.4 Å². The summed E-state index contributed by atoms with van der Waals surface area (Å²) in [6.07, 6.45) is 5.46. The number of anilines is 2. The monoisotopic (exact) mass is 389 g/mol. The van der Waals surface area contributed by atoms with Crippen LogP contribution in [0.25, 0.3) is 16.6 Å². The third-order valence-electron chi connectivity index (χ3n) is 4.87. The molecule has 8 heteroatoms. The zero-order valence-electron chi connectivity index (χ0n) is 16.5. The number of aromatic nitrogens is 3. The number of carbonyl (C=O) groups excluding carboxylic acids is 1. The zero-order chi connectivity index (χ0) is 20.4. The molecule has 0 aliphatic heterocycles. The molecule has 0 bridgehead atoms. The first-order valence-corrected chi connectivity index (χ1v) is 9.63. The molecule has 2 N–H and O–H groups in total. The molecule has 1 fully saturated rings. The fourth-order valence-electron chi connectivity index (χ4n) is 3.11. The minimum absolute atomic E-state index is 0.0359. The predicted molar refractivity (Wildman–Crippen MR) is 112 cm³/mol. The van der Waals surface area contributed by atoms with E-state index in [-0.39, 0.29) is 11.8 Å². The van der Waals surface area contributed by atoms with Crippen molar-refractivity contribution in [2.75, 3.05) is 37.8 Å². The summed E-state index contributed by atoms with van der Waals surface area (Å²) in [6, 6.07) is 9.69. The standard InChI is InChI=1S/C21H23N7O/c1-27(2)8-6-23-19-13-24-16(12-22)10-18(19)15-5-7-28-17(9-15)11-20(26-28)25-21(29)14-3-4-14/h5,7,9-11,13-14,23H,3-4,6,8H2,1-2H3,(H,25,26,29). The van der Waals surface area contributed by atoms with Crippen molar-refractivity contribution in [1.29, 1.82) is 5.26 Å². The largest absolute Gasteiger partial charge is 0.382 e. The number of nitriles is 1. The molecule has 3 heterocycles. The Bertz CT molecular complexity index is 1090. The van der Waals surface area contributed by atoms with Crippen molar-refractivity contribution in [3.8, 4) is 17.2 Å². The van der Waals surface area contributed by atoms with E-state index in [4.69, 9.17) is 0 Å². The van der Waals surface area contributed by atoms with Gasteiger partial charge in [-0.05, 0) is 50.7 Å². The van der Waals surface area contributed by atoms with E-state index in [2.05, 4.69) is 31.7 Å². The van der Waals surface area contributed by atoms with E-state index >= 15 is 0 Å². The summed E-state index contributed by atoms with van der Waals surface area (Å²) in [5, 5.41) is 20.0. The van der Waals surface area contributed by atoms with Crippen LogP contribution in [-0.2, 0) is 4.79 Å². The maximum atomic E-state index is 12.0. The molecule has 0 radical (unpaired) electrons. The van der Waals surface area contributed by atoms with Gasteiger partial charge in [0.2, 0.25) is 5.91 Å². The van der Waals surface area contributed by atoms with Crippen LogP contribution in [-0.4, -0.2) is 52.6 Å². The van der Waals surface area contributed by atoms with Crippen molar-refractivity contribution in [2.45, 2.75) is 12.8 Å². The number of pyridine rings is 2. The van der Waals surface area contributed by atoms with Crippen LogP contribution in [0.2, 0.25) is 0 Å². The Balaban J connectivity index is 1.63. The molecule has 1 saturated carbocycles. The number of likely N-dealkylation sites (N-methyl/N-ethyl adjacent to an activating group) is 1. The van der Waals surface area contributed by atoms with Crippen LogP contribution < -0.4 is 10.6 Å². The van der Waals surface area contributed by atoms with Gasteiger partial charge in [-0.3, -0.25) is 4.79 Å². The third-order valence-corrected chi connectivity index (χ3v) is 4.87. The molecule has 0 aromatic carbocycles. The molecule has 1 amide bonds. The van der Waals surface area contributed by atoms with Crippen LogP contribution in [0.3, 0.4) is 0 Å². The van der Waals surface area contributed by atoms with Crippen LogP contribution in [0.1, 0.15) is 18.5 Å². The molecule has 29 heavy (non-hydrogen) atoms. The van der Waals surface area contributed by atoms with Gasteiger partial charge in [0.25, 0.3) is 0 Å². The molecule has 0 atom stereocenters. The molecule has 0 unspecified atom stereocenters. The van der Waals surface area contributed by atoms with Crippen LogP contribution >= 0.6 is 0 Å². The molecule has 4 rings (SSSR count). The van der Waals surface area contributed by atoms with Gasteiger partial charge < -0.3 is 15.5 Å². The summed E-state index contributed by atoms with van der Waals surface area (Å²) in [7, 11) is 4.04. The average molecular weight is 389 g/mol. The number of rotatable bonds is 7. The van der Waals surface area contributed by atoms with Crippen molar-refractivity contribution in [3.63, 3.8) is 0 Å². The highest BCUT2D eigenvalue weighted by molar-refractivity contribution is 5.94. The number of nitrogens with one attached hydrogen (secondary N) is 2. The lowest BCUT2D eigenvalue weighted by molar-refractivity contribution is -0.117. The summed E-state index contributed by atoms with van der Waals surface area (Å²) in [5.41, 5.74) is 3.95. The molecule has 3 aromatic heterocycles. The fraction of sp³-hybridized carbons (Fsp3) is 0.333. The Morgan fingerprint density at radius 2 is 2.17 bits per heavy atom. The van der Waals surface area contributed by atoms with Gasteiger partial charge in [-0.1, -0.05) is 0 Å². The van der Waals surface area contributed by atoms with Crippen molar-refractivity contribution in [2.24, 2.45) is 5.92 Å². The SMILES string of the molecule is CN(C)CCNc1cnc(C#N)cc1-c1ccn2nc(NC(=O)C3CC3)cc2c1. The minimum Gasteiger partial charge on any atom is -0.382 e. The predicted octanol–water partition coefficient (Wildman–Crippen LogP) is 2.59. The lowest BCUT2D eigenvalue weighted by Crippen LogP contribution is -2.21. The normalized spacial score (nSPS) is 13.4. The van der Waals surface area contributed by atoms with Gasteiger partial charge in [-0.2, -0.15) is 10.4 Å². The van der Waals surface area contributed by atoms with Gasteiger partial charge in [-0.25, -0.2) is 9.50 Å². The minimum atomic E-state index is 0.0359. The van der Waals surface area contributed by atoms with Gasteiger partial charge in [-0.15, -0.1) is 0 Å². The van der Waals surface area contributed by atoms with Crippen LogP contribution in [0.15, 0.2) is 36.7 Å². The molecule has 0 saturated heterocycles. The van der Waals surface area contributed by atoms with Gasteiger partial charge in [0, 0.05) is 36.8 Å². The van der Waals surface area contributed by atoms with Crippen molar-refractivity contribution in [1.82, 2.24) is 19.5 Å². The molecule has 8 nitrogen and oxygen atoms in total.